The van der Waals surface area contributed by atoms with Crippen molar-refractivity contribution in [3.63, 3.8) is 0 Å². The minimum absolute atomic E-state index is 0.0598. The highest BCUT2D eigenvalue weighted by Gasteiger charge is 2.17. The number of benzene rings is 3. The van der Waals surface area contributed by atoms with Crippen LogP contribution in [0.3, 0.4) is 0 Å². The maximum atomic E-state index is 10.6. The number of nitro benzene ring substituents is 2. The summed E-state index contributed by atoms with van der Waals surface area (Å²) in [6.07, 6.45) is 6.36. The van der Waals surface area contributed by atoms with Gasteiger partial charge in [0.2, 0.25) is 0 Å². The van der Waals surface area contributed by atoms with Crippen molar-refractivity contribution in [1.82, 2.24) is 0 Å². The third-order valence-electron chi connectivity index (χ3n) is 7.02. The Hall–Kier alpha value is -3.98. The lowest BCUT2D eigenvalue weighted by molar-refractivity contribution is -0.385. The third-order valence-corrected chi connectivity index (χ3v) is 7.94. The van der Waals surface area contributed by atoms with E-state index < -0.39 is 9.85 Å². The SMILES string of the molecule is BrC1CCOCC1.Nc1cccc(OC2CCOCC2)c1.O=[N+]([O-])c1cccc(O)c1.O=[N+]([O-])c1cccc(OC2CCOCC2)c1. The number of ether oxygens (including phenoxy) is 5. The third kappa shape index (κ3) is 15.4. The highest BCUT2D eigenvalue weighted by Crippen LogP contribution is 2.23. The molecule has 6 rings (SSSR count). The van der Waals surface area contributed by atoms with Crippen LogP contribution in [0, 0.1) is 20.2 Å². The van der Waals surface area contributed by atoms with Crippen molar-refractivity contribution >= 4 is 33.0 Å². The summed E-state index contributed by atoms with van der Waals surface area (Å²) in [7, 11) is 0. The molecule has 47 heavy (non-hydrogen) atoms. The van der Waals surface area contributed by atoms with Crippen LogP contribution < -0.4 is 15.2 Å². The molecule has 3 N–H and O–H groups in total. The normalized spacial score (nSPS) is 16.9. The summed E-state index contributed by atoms with van der Waals surface area (Å²) in [4.78, 5) is 20.4. The Balaban J connectivity index is 0.000000177. The summed E-state index contributed by atoms with van der Waals surface area (Å²) in [6.45, 7) is 4.87. The molecule has 0 spiro atoms. The molecule has 3 aliphatic rings. The maximum absolute atomic E-state index is 10.6. The van der Waals surface area contributed by atoms with Gasteiger partial charge in [-0.05, 0) is 37.1 Å². The Kier molecular flexibility index (Phi) is 16.7. The first-order valence-corrected chi connectivity index (χ1v) is 16.3. The number of non-ortho nitro benzene ring substituents is 2. The molecule has 3 aromatic carbocycles. The van der Waals surface area contributed by atoms with Crippen LogP contribution >= 0.6 is 15.9 Å². The molecule has 256 valence electrons. The average Bonchev–Trinajstić information content (AvgIpc) is 3.07. The van der Waals surface area contributed by atoms with Gasteiger partial charge in [0.1, 0.15) is 29.5 Å². The van der Waals surface area contributed by atoms with Crippen LogP contribution in [0.25, 0.3) is 0 Å². The first kappa shape index (κ1) is 37.5. The van der Waals surface area contributed by atoms with E-state index in [1.54, 1.807) is 12.1 Å². The predicted octanol–water partition coefficient (Wildman–Crippen LogP) is 6.84. The number of halogens is 1. The van der Waals surface area contributed by atoms with Crippen molar-refractivity contribution in [2.75, 3.05) is 45.4 Å². The lowest BCUT2D eigenvalue weighted by atomic mass is 10.1. The lowest BCUT2D eigenvalue weighted by Gasteiger charge is -2.23. The van der Waals surface area contributed by atoms with Gasteiger partial charge in [0.05, 0.1) is 48.4 Å². The number of phenolic OH excluding ortho intramolecular Hbond substituents is 1. The molecule has 3 fully saturated rings. The van der Waals surface area contributed by atoms with E-state index in [4.69, 9.17) is 34.5 Å². The van der Waals surface area contributed by atoms with E-state index >= 15 is 0 Å². The molecule has 3 saturated heterocycles. The lowest BCUT2D eigenvalue weighted by Crippen LogP contribution is -2.25. The quantitative estimate of drug-likeness (QED) is 0.118. The monoisotopic (exact) mass is 719 g/mol. The summed E-state index contributed by atoms with van der Waals surface area (Å²) >= 11 is 3.51. The number of alkyl halides is 1. The van der Waals surface area contributed by atoms with E-state index in [1.165, 1.54) is 43.2 Å². The topological polar surface area (TPSA) is 179 Å². The standard InChI is InChI=1S/C11H13NO4.C11H15NO2.C6H5NO3.C5H9BrO/c13-12(14)9-2-1-3-11(8-9)16-10-4-6-15-7-5-10;12-9-2-1-3-11(8-9)14-10-4-6-13-7-5-10;8-6-3-1-2-5(4-6)7(9)10;6-5-1-3-7-4-2-5/h1-3,8,10H,4-7H2;1-3,8,10H,4-7,12H2;1-4,8H;5H,1-4H2. The maximum Gasteiger partial charge on any atom is 0.273 e. The minimum atomic E-state index is -0.556. The number of nitrogens with two attached hydrogens (primary N) is 1. The molecule has 3 aliphatic heterocycles. The molecule has 14 heteroatoms. The van der Waals surface area contributed by atoms with Gasteiger partial charge in [-0.1, -0.05) is 34.1 Å². The zero-order valence-electron chi connectivity index (χ0n) is 26.1. The highest BCUT2D eigenvalue weighted by atomic mass is 79.9. The number of aromatic hydroxyl groups is 1. The largest absolute Gasteiger partial charge is 0.508 e. The molecular formula is C33H42BrN3O10. The summed E-state index contributed by atoms with van der Waals surface area (Å²) in [5, 5.41) is 29.4. The van der Waals surface area contributed by atoms with E-state index in [1.807, 2.05) is 24.3 Å². The van der Waals surface area contributed by atoms with E-state index in [0.29, 0.717) is 19.0 Å². The van der Waals surface area contributed by atoms with Crippen LogP contribution in [0.2, 0.25) is 0 Å². The van der Waals surface area contributed by atoms with Crippen molar-refractivity contribution in [1.29, 1.82) is 0 Å². The van der Waals surface area contributed by atoms with Crippen LogP contribution in [-0.2, 0) is 14.2 Å². The number of hydrogen-bond acceptors (Lipinski definition) is 11. The first-order chi connectivity index (χ1) is 22.7. The molecule has 0 atom stereocenters. The molecule has 0 bridgehead atoms. The number of nitrogen functional groups attached to an aromatic ring is 1. The molecule has 0 radical (unpaired) electrons. The van der Waals surface area contributed by atoms with E-state index in [9.17, 15) is 20.2 Å². The summed E-state index contributed by atoms with van der Waals surface area (Å²) in [5.74, 6) is 1.33. The predicted molar refractivity (Wildman–Crippen MR) is 180 cm³/mol. The Morgan fingerprint density at radius 3 is 1.49 bits per heavy atom. The van der Waals surface area contributed by atoms with Gasteiger partial charge in [0.25, 0.3) is 11.4 Å². The van der Waals surface area contributed by atoms with Gasteiger partial charge in [-0.3, -0.25) is 20.2 Å². The van der Waals surface area contributed by atoms with Gasteiger partial charge in [0, 0.05) is 67.6 Å². The second-order valence-electron chi connectivity index (χ2n) is 10.8. The fourth-order valence-corrected chi connectivity index (χ4v) is 4.88. The number of nitrogens with zero attached hydrogens (tertiary/aromatic N) is 2. The molecule has 13 nitrogen and oxygen atoms in total. The van der Waals surface area contributed by atoms with Crippen LogP contribution in [-0.4, -0.2) is 71.6 Å². The number of rotatable bonds is 6. The number of phenols is 1. The van der Waals surface area contributed by atoms with Crippen molar-refractivity contribution in [2.24, 2.45) is 0 Å². The highest BCUT2D eigenvalue weighted by molar-refractivity contribution is 9.09. The summed E-state index contributed by atoms with van der Waals surface area (Å²) < 4.78 is 27.0. The van der Waals surface area contributed by atoms with Crippen LogP contribution in [0.5, 0.6) is 17.2 Å². The number of anilines is 1. The molecule has 0 aromatic heterocycles. The van der Waals surface area contributed by atoms with Crippen molar-refractivity contribution in [3.8, 4) is 17.2 Å². The molecule has 3 heterocycles. The Bertz CT molecular complexity index is 1360. The number of nitro groups is 2. The van der Waals surface area contributed by atoms with Gasteiger partial charge in [-0.2, -0.15) is 0 Å². The van der Waals surface area contributed by atoms with Gasteiger partial charge < -0.3 is 34.5 Å². The van der Waals surface area contributed by atoms with Gasteiger partial charge in [-0.25, -0.2) is 0 Å². The Morgan fingerprint density at radius 1 is 0.660 bits per heavy atom. The second-order valence-corrected chi connectivity index (χ2v) is 12.0. The van der Waals surface area contributed by atoms with Crippen molar-refractivity contribution in [2.45, 2.75) is 55.6 Å². The molecule has 0 amide bonds. The van der Waals surface area contributed by atoms with Crippen LogP contribution in [0.15, 0.2) is 72.8 Å². The average molecular weight is 721 g/mol. The summed E-state index contributed by atoms with van der Waals surface area (Å²) in [5.41, 5.74) is 6.37. The van der Waals surface area contributed by atoms with Gasteiger partial charge in [-0.15, -0.1) is 0 Å². The minimum Gasteiger partial charge on any atom is -0.508 e. The Morgan fingerprint density at radius 2 is 1.09 bits per heavy atom. The van der Waals surface area contributed by atoms with Crippen molar-refractivity contribution < 1.29 is 38.6 Å². The smallest absolute Gasteiger partial charge is 0.273 e. The zero-order chi connectivity index (χ0) is 33.9. The van der Waals surface area contributed by atoms with E-state index in [0.717, 1.165) is 74.4 Å². The Labute approximate surface area is 282 Å². The molecule has 0 aliphatic carbocycles. The summed E-state index contributed by atoms with van der Waals surface area (Å²) in [6, 6.07) is 19.1. The first-order valence-electron chi connectivity index (χ1n) is 15.4. The molecular weight excluding hydrogens is 678 g/mol. The molecule has 0 unspecified atom stereocenters. The van der Waals surface area contributed by atoms with Crippen LogP contribution in [0.4, 0.5) is 17.1 Å². The van der Waals surface area contributed by atoms with E-state index in [2.05, 4.69) is 15.9 Å². The zero-order valence-corrected chi connectivity index (χ0v) is 27.7. The fourth-order valence-electron chi connectivity index (χ4n) is 4.51. The molecule has 0 saturated carbocycles. The van der Waals surface area contributed by atoms with Gasteiger partial charge >= 0.3 is 0 Å². The fraction of sp³-hybridized carbons (Fsp3) is 0.455. The number of hydrogen-bond donors (Lipinski definition) is 2. The second kappa shape index (κ2) is 21.0. The molecule has 3 aromatic rings. The van der Waals surface area contributed by atoms with Crippen LogP contribution in [0.1, 0.15) is 38.5 Å². The van der Waals surface area contributed by atoms with Crippen molar-refractivity contribution in [3.05, 3.63) is 93.0 Å². The van der Waals surface area contributed by atoms with Gasteiger partial charge in [0.15, 0.2) is 0 Å². The van der Waals surface area contributed by atoms with E-state index in [-0.39, 0.29) is 29.3 Å².